The molecule has 5 aromatic rings. The van der Waals surface area contributed by atoms with Gasteiger partial charge in [-0.1, -0.05) is 93.1 Å². The second-order valence-electron chi connectivity index (χ2n) is 10.5. The van der Waals surface area contributed by atoms with E-state index in [9.17, 15) is 5.11 Å². The molecule has 0 aromatic heterocycles. The largest absolute Gasteiger partial charge is 0.386 e. The van der Waals surface area contributed by atoms with Gasteiger partial charge in [-0.15, -0.1) is 0 Å². The fraction of sp³-hybridized carbons (Fsp3) is 0.267. The Morgan fingerprint density at radius 1 is 0.613 bits per heavy atom. The van der Waals surface area contributed by atoms with E-state index in [2.05, 4.69) is 94.4 Å². The van der Waals surface area contributed by atoms with Gasteiger partial charge in [-0.05, 0) is 80.8 Å². The quantitative estimate of drug-likeness (QED) is 0.294. The van der Waals surface area contributed by atoms with Crippen LogP contribution in [0.25, 0.3) is 43.4 Å². The molecule has 0 unspecified atom stereocenters. The Morgan fingerprint density at radius 2 is 1.19 bits per heavy atom. The van der Waals surface area contributed by atoms with Crippen molar-refractivity contribution in [2.45, 2.75) is 52.6 Å². The Labute approximate surface area is 184 Å². The lowest BCUT2D eigenvalue weighted by Crippen LogP contribution is -2.17. The van der Waals surface area contributed by atoms with Crippen molar-refractivity contribution >= 4 is 32.3 Å². The molecule has 0 radical (unpaired) electrons. The molecule has 0 fully saturated rings. The molecule has 0 heterocycles. The minimum atomic E-state index is -0.910. The highest BCUT2D eigenvalue weighted by Crippen LogP contribution is 2.43. The van der Waals surface area contributed by atoms with Crippen LogP contribution in [0.1, 0.15) is 51.3 Å². The molecule has 0 saturated heterocycles. The van der Waals surface area contributed by atoms with Gasteiger partial charge in [0.1, 0.15) is 0 Å². The molecule has 0 saturated carbocycles. The van der Waals surface area contributed by atoms with E-state index in [0.29, 0.717) is 0 Å². The summed E-state index contributed by atoms with van der Waals surface area (Å²) in [4.78, 5) is 0. The first-order chi connectivity index (χ1) is 14.5. The maximum Gasteiger partial charge on any atom is 0.0846 e. The van der Waals surface area contributed by atoms with E-state index in [0.717, 1.165) is 16.7 Å². The van der Waals surface area contributed by atoms with Gasteiger partial charge in [-0.25, -0.2) is 0 Å². The summed E-state index contributed by atoms with van der Waals surface area (Å²) in [6.07, 6.45) is 0. The third-order valence-corrected chi connectivity index (χ3v) is 6.59. The fourth-order valence-electron chi connectivity index (χ4n) is 4.89. The van der Waals surface area contributed by atoms with Crippen molar-refractivity contribution < 1.29 is 5.11 Å². The highest BCUT2D eigenvalue weighted by atomic mass is 16.3. The summed E-state index contributed by atoms with van der Waals surface area (Å²) in [5.74, 6) is 0. The van der Waals surface area contributed by atoms with Crippen molar-refractivity contribution in [3.63, 3.8) is 0 Å². The van der Waals surface area contributed by atoms with Crippen LogP contribution in [0.5, 0.6) is 0 Å². The zero-order chi connectivity index (χ0) is 22.1. The highest BCUT2D eigenvalue weighted by Gasteiger charge is 2.23. The van der Waals surface area contributed by atoms with Gasteiger partial charge in [-0.2, -0.15) is 0 Å². The minimum Gasteiger partial charge on any atom is -0.386 e. The van der Waals surface area contributed by atoms with Gasteiger partial charge in [-0.3, -0.25) is 0 Å². The van der Waals surface area contributed by atoms with Crippen molar-refractivity contribution in [1.82, 2.24) is 0 Å². The molecular weight excluding hydrogens is 376 g/mol. The second kappa shape index (κ2) is 6.55. The number of hydrogen-bond acceptors (Lipinski definition) is 1. The summed E-state index contributed by atoms with van der Waals surface area (Å²) in [6.45, 7) is 12.6. The molecule has 0 aliphatic rings. The maximum absolute atomic E-state index is 10.9. The zero-order valence-electron chi connectivity index (χ0n) is 19.3. The van der Waals surface area contributed by atoms with Crippen LogP contribution in [-0.2, 0) is 11.0 Å². The fourth-order valence-corrected chi connectivity index (χ4v) is 4.89. The SMILES string of the molecule is Cc1ccc(-c2ccc3ccc4cc(C(C)(C)C)cc5ccc2c3c45)c(C(C)(C)O)c1. The summed E-state index contributed by atoms with van der Waals surface area (Å²) in [5.41, 5.74) is 4.98. The predicted octanol–water partition coefficient (Wildman–Crippen LogP) is 8.08. The van der Waals surface area contributed by atoms with Gasteiger partial charge in [0.15, 0.2) is 0 Å². The van der Waals surface area contributed by atoms with Crippen molar-refractivity contribution in [3.8, 4) is 11.1 Å². The Balaban J connectivity index is 1.88. The minimum absolute atomic E-state index is 0.110. The molecule has 0 atom stereocenters. The number of hydrogen-bond donors (Lipinski definition) is 1. The normalized spacial score (nSPS) is 13.0. The molecule has 0 bridgehead atoms. The van der Waals surface area contributed by atoms with Crippen LogP contribution in [0.4, 0.5) is 0 Å². The van der Waals surface area contributed by atoms with Crippen LogP contribution in [0.2, 0.25) is 0 Å². The average molecular weight is 407 g/mol. The standard InChI is InChI=1S/C30H30O/c1-18-7-12-24(26(15-18)30(5,6)31)23-13-10-19-8-9-20-16-22(29(2,3)4)17-21-11-14-25(23)28(19)27(20)21/h7-17,31H,1-6H3. The first-order valence-electron chi connectivity index (χ1n) is 11.1. The number of aliphatic hydroxyl groups is 1. The van der Waals surface area contributed by atoms with E-state index in [1.54, 1.807) is 0 Å². The molecule has 1 heteroatoms. The van der Waals surface area contributed by atoms with Crippen molar-refractivity contribution in [2.75, 3.05) is 0 Å². The van der Waals surface area contributed by atoms with Gasteiger partial charge >= 0.3 is 0 Å². The molecule has 1 nitrogen and oxygen atoms in total. The smallest absolute Gasteiger partial charge is 0.0846 e. The molecule has 156 valence electrons. The first kappa shape index (κ1) is 20.0. The molecular formula is C30H30O. The van der Waals surface area contributed by atoms with Gasteiger partial charge in [0.05, 0.1) is 5.60 Å². The lowest BCUT2D eigenvalue weighted by Gasteiger charge is -2.24. The van der Waals surface area contributed by atoms with Crippen LogP contribution < -0.4 is 0 Å². The summed E-state index contributed by atoms with van der Waals surface area (Å²) in [6, 6.07) is 24.6. The van der Waals surface area contributed by atoms with E-state index in [4.69, 9.17) is 0 Å². The number of benzene rings is 5. The van der Waals surface area contributed by atoms with Crippen molar-refractivity contribution in [1.29, 1.82) is 0 Å². The first-order valence-corrected chi connectivity index (χ1v) is 11.1. The highest BCUT2D eigenvalue weighted by molar-refractivity contribution is 6.25. The van der Waals surface area contributed by atoms with Gasteiger partial charge in [0, 0.05) is 0 Å². The molecule has 0 aliphatic heterocycles. The van der Waals surface area contributed by atoms with Crippen LogP contribution in [-0.4, -0.2) is 5.11 Å². The van der Waals surface area contributed by atoms with Gasteiger partial charge in [0.2, 0.25) is 0 Å². The number of aryl methyl sites for hydroxylation is 1. The molecule has 0 aliphatic carbocycles. The Morgan fingerprint density at radius 3 is 1.84 bits per heavy atom. The average Bonchev–Trinajstić information content (AvgIpc) is 2.70. The van der Waals surface area contributed by atoms with E-state index in [1.165, 1.54) is 43.4 Å². The van der Waals surface area contributed by atoms with Gasteiger partial charge in [0.25, 0.3) is 0 Å². The summed E-state index contributed by atoms with van der Waals surface area (Å²) < 4.78 is 0. The number of rotatable bonds is 2. The van der Waals surface area contributed by atoms with Crippen molar-refractivity contribution in [2.24, 2.45) is 0 Å². The summed E-state index contributed by atoms with van der Waals surface area (Å²) in [7, 11) is 0. The van der Waals surface area contributed by atoms with E-state index in [1.807, 2.05) is 13.8 Å². The van der Waals surface area contributed by atoms with Crippen LogP contribution in [0.3, 0.4) is 0 Å². The topological polar surface area (TPSA) is 20.2 Å². The zero-order valence-corrected chi connectivity index (χ0v) is 19.3. The molecule has 0 spiro atoms. The Hall–Kier alpha value is -2.90. The summed E-state index contributed by atoms with van der Waals surface area (Å²) >= 11 is 0. The van der Waals surface area contributed by atoms with Crippen LogP contribution in [0.15, 0.2) is 66.7 Å². The van der Waals surface area contributed by atoms with E-state index >= 15 is 0 Å². The monoisotopic (exact) mass is 406 g/mol. The predicted molar refractivity (Wildman–Crippen MR) is 134 cm³/mol. The van der Waals surface area contributed by atoms with E-state index < -0.39 is 5.60 Å². The Bertz CT molecular complexity index is 1420. The summed E-state index contributed by atoms with van der Waals surface area (Å²) in [5, 5.41) is 18.7. The molecule has 0 amide bonds. The van der Waals surface area contributed by atoms with E-state index in [-0.39, 0.29) is 5.41 Å². The molecule has 31 heavy (non-hydrogen) atoms. The van der Waals surface area contributed by atoms with Crippen molar-refractivity contribution in [3.05, 3.63) is 83.4 Å². The molecule has 5 aromatic carbocycles. The molecule has 1 N–H and O–H groups in total. The lowest BCUT2D eigenvalue weighted by atomic mass is 9.82. The van der Waals surface area contributed by atoms with Crippen LogP contribution >= 0.6 is 0 Å². The maximum atomic E-state index is 10.9. The Kier molecular flexibility index (Phi) is 4.23. The molecule has 5 rings (SSSR count). The third kappa shape index (κ3) is 3.20. The second-order valence-corrected chi connectivity index (χ2v) is 10.5. The lowest BCUT2D eigenvalue weighted by molar-refractivity contribution is 0.0791. The van der Waals surface area contributed by atoms with Crippen LogP contribution in [0, 0.1) is 6.92 Å². The van der Waals surface area contributed by atoms with Gasteiger partial charge < -0.3 is 5.11 Å². The third-order valence-electron chi connectivity index (χ3n) is 6.59.